The van der Waals surface area contributed by atoms with Crippen molar-refractivity contribution in [3.8, 4) is 5.75 Å². The summed E-state index contributed by atoms with van der Waals surface area (Å²) in [5.74, 6) is 1.60. The van der Waals surface area contributed by atoms with E-state index in [9.17, 15) is 4.79 Å². The lowest BCUT2D eigenvalue weighted by Gasteiger charge is -2.29. The van der Waals surface area contributed by atoms with Gasteiger partial charge >= 0.3 is 0 Å². The Hall–Kier alpha value is -2.92. The van der Waals surface area contributed by atoms with E-state index in [1.54, 1.807) is 17.0 Å². The zero-order valence-electron chi connectivity index (χ0n) is 16.6. The van der Waals surface area contributed by atoms with E-state index in [0.29, 0.717) is 18.1 Å². The van der Waals surface area contributed by atoms with E-state index in [1.807, 2.05) is 44.2 Å². The van der Waals surface area contributed by atoms with Gasteiger partial charge in [0.15, 0.2) is 5.76 Å². The molecule has 2 aromatic carbocycles. The number of nitrogens with two attached hydrogens (primary N) is 1. The van der Waals surface area contributed by atoms with E-state index in [2.05, 4.69) is 6.07 Å². The molecule has 0 saturated carbocycles. The summed E-state index contributed by atoms with van der Waals surface area (Å²) in [4.78, 5) is 14.8. The lowest BCUT2D eigenvalue weighted by Crippen LogP contribution is -2.35. The van der Waals surface area contributed by atoms with E-state index in [4.69, 9.17) is 14.9 Å². The number of fused-ring (bicyclic) bond motifs is 1. The molecule has 0 saturated heterocycles. The molecule has 152 valence electrons. The maximum absolute atomic E-state index is 13.0. The number of nitrogen functional groups attached to an aromatic ring is 1. The van der Waals surface area contributed by atoms with Crippen LogP contribution in [0.3, 0.4) is 0 Å². The number of benzene rings is 2. The van der Waals surface area contributed by atoms with Gasteiger partial charge in [0, 0.05) is 17.9 Å². The summed E-state index contributed by atoms with van der Waals surface area (Å²) in [6.07, 6.45) is 1.77. The predicted octanol–water partition coefficient (Wildman–Crippen LogP) is 5.07. The van der Waals surface area contributed by atoms with Gasteiger partial charge in [0.1, 0.15) is 18.1 Å². The van der Waals surface area contributed by atoms with E-state index in [-0.39, 0.29) is 24.9 Å². The molecule has 6 heteroatoms. The third-order valence-corrected chi connectivity index (χ3v) is 5.10. The topological polar surface area (TPSA) is 68.7 Å². The van der Waals surface area contributed by atoms with E-state index in [1.165, 1.54) is 5.56 Å². The summed E-state index contributed by atoms with van der Waals surface area (Å²) >= 11 is 0. The minimum Gasteiger partial charge on any atom is -0.485 e. The van der Waals surface area contributed by atoms with Crippen LogP contribution in [0.2, 0.25) is 0 Å². The maximum Gasteiger partial charge on any atom is 0.293 e. The molecule has 3 aromatic rings. The number of amides is 1. The normalized spacial score (nSPS) is 12.8. The number of carbonyl (C=O) groups is 1. The van der Waals surface area contributed by atoms with Crippen molar-refractivity contribution in [2.24, 2.45) is 0 Å². The van der Waals surface area contributed by atoms with Crippen molar-refractivity contribution in [2.75, 3.05) is 17.2 Å². The van der Waals surface area contributed by atoms with Gasteiger partial charge in [0.05, 0.1) is 0 Å². The summed E-state index contributed by atoms with van der Waals surface area (Å²) in [5, 5.41) is 0. The van der Waals surface area contributed by atoms with E-state index in [0.717, 1.165) is 41.1 Å². The highest BCUT2D eigenvalue weighted by Crippen LogP contribution is 2.32. The van der Waals surface area contributed by atoms with Gasteiger partial charge in [-0.1, -0.05) is 23.8 Å². The fourth-order valence-electron chi connectivity index (χ4n) is 3.68. The zero-order chi connectivity index (χ0) is 19.7. The number of nitrogens with zero attached hydrogens (tertiary/aromatic N) is 1. The van der Waals surface area contributed by atoms with Gasteiger partial charge in [-0.25, -0.2) is 0 Å². The third-order valence-electron chi connectivity index (χ3n) is 5.10. The van der Waals surface area contributed by atoms with Crippen molar-refractivity contribution in [3.63, 3.8) is 0 Å². The molecule has 4 rings (SSSR count). The second kappa shape index (κ2) is 8.62. The minimum atomic E-state index is -0.149. The molecule has 2 heterocycles. The number of halogens is 1. The Kier molecular flexibility index (Phi) is 6.18. The van der Waals surface area contributed by atoms with Crippen LogP contribution in [0.5, 0.6) is 5.75 Å². The predicted molar refractivity (Wildman–Crippen MR) is 117 cm³/mol. The van der Waals surface area contributed by atoms with Crippen LogP contribution >= 0.6 is 12.4 Å². The van der Waals surface area contributed by atoms with Crippen LogP contribution < -0.4 is 15.4 Å². The van der Waals surface area contributed by atoms with Gasteiger partial charge < -0.3 is 19.8 Å². The van der Waals surface area contributed by atoms with Gasteiger partial charge in [-0.05, 0) is 68.1 Å². The average Bonchev–Trinajstić information content (AvgIpc) is 3.16. The number of furan rings is 1. The van der Waals surface area contributed by atoms with Crippen LogP contribution in [0.15, 0.2) is 52.9 Å². The molecule has 0 bridgehead atoms. The van der Waals surface area contributed by atoms with Gasteiger partial charge in [0.2, 0.25) is 0 Å². The lowest BCUT2D eigenvalue weighted by atomic mass is 9.99. The maximum atomic E-state index is 13.0. The van der Waals surface area contributed by atoms with Crippen molar-refractivity contribution >= 4 is 29.7 Å². The fraction of sp³-hybridized carbons (Fsp3) is 0.261. The Morgan fingerprint density at radius 2 is 2.00 bits per heavy atom. The number of aryl methyl sites for hydroxylation is 2. The molecule has 0 radical (unpaired) electrons. The van der Waals surface area contributed by atoms with Gasteiger partial charge in [0.25, 0.3) is 5.91 Å². The van der Waals surface area contributed by atoms with Gasteiger partial charge in [-0.15, -0.1) is 12.4 Å². The summed E-state index contributed by atoms with van der Waals surface area (Å²) in [5.41, 5.74) is 11.0. The Bertz CT molecular complexity index is 1030. The molecular weight excluding hydrogens is 388 g/mol. The number of anilines is 2. The van der Waals surface area contributed by atoms with E-state index < -0.39 is 0 Å². The molecule has 5 nitrogen and oxygen atoms in total. The smallest absolute Gasteiger partial charge is 0.293 e. The second-order valence-electron chi connectivity index (χ2n) is 7.23. The highest BCUT2D eigenvalue weighted by molar-refractivity contribution is 6.05. The fourth-order valence-corrected chi connectivity index (χ4v) is 3.68. The molecule has 0 fully saturated rings. The quantitative estimate of drug-likeness (QED) is 0.607. The number of rotatable bonds is 4. The molecule has 0 spiro atoms. The van der Waals surface area contributed by atoms with Gasteiger partial charge in [-0.3, -0.25) is 4.79 Å². The third kappa shape index (κ3) is 4.25. The van der Waals surface area contributed by atoms with Crippen LogP contribution in [-0.4, -0.2) is 12.5 Å². The Labute approximate surface area is 176 Å². The largest absolute Gasteiger partial charge is 0.485 e. The second-order valence-corrected chi connectivity index (χ2v) is 7.23. The van der Waals surface area contributed by atoms with Crippen molar-refractivity contribution in [1.29, 1.82) is 0 Å². The summed E-state index contributed by atoms with van der Waals surface area (Å²) < 4.78 is 11.6. The number of hydrogen-bond donors (Lipinski definition) is 1. The standard InChI is InChI=1S/C23H24N2O3.ClH/c1-15-8-10-21(16(2)13-15)27-14-17-9-11-22(28-17)23(26)25-12-4-5-18-19(24)6-3-7-20(18)25;/h3,6-11,13H,4-5,12,14,24H2,1-2H3;1H. The molecule has 2 N–H and O–H groups in total. The Morgan fingerprint density at radius 1 is 1.17 bits per heavy atom. The number of hydrogen-bond acceptors (Lipinski definition) is 4. The molecule has 1 amide bonds. The number of ether oxygens (including phenoxy) is 1. The Balaban J connectivity index is 0.00000240. The summed E-state index contributed by atoms with van der Waals surface area (Å²) in [6, 6.07) is 15.2. The highest BCUT2D eigenvalue weighted by Gasteiger charge is 2.26. The first-order valence-corrected chi connectivity index (χ1v) is 9.51. The van der Waals surface area contributed by atoms with Crippen LogP contribution in [0.25, 0.3) is 0 Å². The van der Waals surface area contributed by atoms with Crippen molar-refractivity contribution in [1.82, 2.24) is 0 Å². The van der Waals surface area contributed by atoms with Crippen molar-refractivity contribution in [3.05, 3.63) is 76.7 Å². The summed E-state index contributed by atoms with van der Waals surface area (Å²) in [6.45, 7) is 5.00. The molecule has 1 aliphatic rings. The van der Waals surface area contributed by atoms with Crippen LogP contribution in [0.1, 0.15) is 39.4 Å². The van der Waals surface area contributed by atoms with Crippen molar-refractivity contribution < 1.29 is 13.9 Å². The van der Waals surface area contributed by atoms with E-state index >= 15 is 0 Å². The SMILES string of the molecule is Cc1ccc(OCc2ccc(C(=O)N3CCCc4c(N)cccc43)o2)c(C)c1.Cl. The first-order chi connectivity index (χ1) is 13.5. The molecule has 29 heavy (non-hydrogen) atoms. The molecule has 1 aromatic heterocycles. The molecule has 0 aliphatic carbocycles. The van der Waals surface area contributed by atoms with Crippen LogP contribution in [-0.2, 0) is 13.0 Å². The monoisotopic (exact) mass is 412 g/mol. The Morgan fingerprint density at radius 3 is 2.79 bits per heavy atom. The first-order valence-electron chi connectivity index (χ1n) is 9.51. The zero-order valence-corrected chi connectivity index (χ0v) is 17.4. The molecule has 0 unspecified atom stereocenters. The van der Waals surface area contributed by atoms with Crippen LogP contribution in [0, 0.1) is 13.8 Å². The number of carbonyl (C=O) groups excluding carboxylic acids is 1. The first kappa shape index (κ1) is 20.8. The molecule has 1 aliphatic heterocycles. The lowest BCUT2D eigenvalue weighted by molar-refractivity contribution is 0.0954. The average molecular weight is 413 g/mol. The molecular formula is C23H25ClN2O3. The summed E-state index contributed by atoms with van der Waals surface area (Å²) in [7, 11) is 0. The minimum absolute atomic E-state index is 0. The van der Waals surface area contributed by atoms with Crippen molar-refractivity contribution in [2.45, 2.75) is 33.3 Å². The molecule has 0 atom stereocenters. The van der Waals surface area contributed by atoms with Crippen LogP contribution in [0.4, 0.5) is 11.4 Å². The highest BCUT2D eigenvalue weighted by atomic mass is 35.5. The van der Waals surface area contributed by atoms with Gasteiger partial charge in [-0.2, -0.15) is 0 Å².